The van der Waals surface area contributed by atoms with Crippen molar-refractivity contribution < 1.29 is 9.53 Å². The summed E-state index contributed by atoms with van der Waals surface area (Å²) in [7, 11) is 1.62. The van der Waals surface area contributed by atoms with E-state index in [1.807, 2.05) is 36.4 Å². The fourth-order valence-electron chi connectivity index (χ4n) is 2.80. The van der Waals surface area contributed by atoms with Crippen LogP contribution in [-0.2, 0) is 23.5 Å². The summed E-state index contributed by atoms with van der Waals surface area (Å²) in [6.45, 7) is 2.11. The van der Waals surface area contributed by atoms with Gasteiger partial charge in [0.15, 0.2) is 5.16 Å². The van der Waals surface area contributed by atoms with E-state index >= 15 is 0 Å². The summed E-state index contributed by atoms with van der Waals surface area (Å²) in [5.74, 6) is 1.18. The van der Waals surface area contributed by atoms with Gasteiger partial charge in [-0.1, -0.05) is 47.6 Å². The molecule has 0 atom stereocenters. The Labute approximate surface area is 184 Å². The van der Waals surface area contributed by atoms with Gasteiger partial charge in [0.25, 0.3) is 5.56 Å². The van der Waals surface area contributed by atoms with Crippen LogP contribution in [0.1, 0.15) is 22.4 Å². The normalized spacial score (nSPS) is 10.6. The van der Waals surface area contributed by atoms with Gasteiger partial charge in [0.2, 0.25) is 5.91 Å². The lowest BCUT2D eigenvalue weighted by Gasteiger charge is -2.09. The Balaban J connectivity index is 1.60. The Morgan fingerprint density at radius 1 is 1.20 bits per heavy atom. The molecule has 0 saturated carbocycles. The molecule has 3 rings (SSSR count). The van der Waals surface area contributed by atoms with Crippen molar-refractivity contribution in [3.8, 4) is 5.75 Å². The van der Waals surface area contributed by atoms with Crippen molar-refractivity contribution in [2.75, 3.05) is 7.11 Å². The minimum Gasteiger partial charge on any atom is -0.497 e. The van der Waals surface area contributed by atoms with E-state index < -0.39 is 0 Å². The Kier molecular flexibility index (Phi) is 7.54. The summed E-state index contributed by atoms with van der Waals surface area (Å²) in [6, 6.07) is 14.9. The third-order valence-electron chi connectivity index (χ3n) is 4.45. The van der Waals surface area contributed by atoms with Crippen LogP contribution in [0.3, 0.4) is 0 Å². The predicted octanol–water partition coefficient (Wildman–Crippen LogP) is 3.89. The number of ether oxygens (including phenoxy) is 1. The van der Waals surface area contributed by atoms with E-state index in [2.05, 4.69) is 15.3 Å². The Hall–Kier alpha value is -2.77. The molecule has 1 heterocycles. The molecule has 0 bridgehead atoms. The zero-order chi connectivity index (χ0) is 21.5. The largest absolute Gasteiger partial charge is 0.497 e. The molecule has 8 heteroatoms. The predicted molar refractivity (Wildman–Crippen MR) is 119 cm³/mol. The fourth-order valence-corrected chi connectivity index (χ4v) is 3.78. The van der Waals surface area contributed by atoms with E-state index in [0.29, 0.717) is 33.7 Å². The SMILES string of the molecule is COc1cccc(CSc2nc(C)c(CC(=O)NCc3ccc(Cl)cc3)c(=O)[nH]2)c1. The molecule has 0 saturated heterocycles. The number of methoxy groups -OCH3 is 1. The van der Waals surface area contributed by atoms with Crippen LogP contribution in [0.15, 0.2) is 58.5 Å². The molecule has 6 nitrogen and oxygen atoms in total. The number of hydrogen-bond donors (Lipinski definition) is 2. The Morgan fingerprint density at radius 2 is 1.97 bits per heavy atom. The number of nitrogens with one attached hydrogen (secondary N) is 2. The number of aryl methyl sites for hydroxylation is 1. The van der Waals surface area contributed by atoms with Crippen LogP contribution in [0.25, 0.3) is 0 Å². The number of benzene rings is 2. The van der Waals surface area contributed by atoms with Crippen LogP contribution in [-0.4, -0.2) is 23.0 Å². The second kappa shape index (κ2) is 10.3. The standard InChI is InChI=1S/C22H22ClN3O3S/c1-14-19(11-20(27)24-12-15-6-8-17(23)9-7-15)21(28)26-22(25-14)30-13-16-4-3-5-18(10-16)29-2/h3-10H,11-13H2,1-2H3,(H,24,27)(H,25,26,28). The highest BCUT2D eigenvalue weighted by Crippen LogP contribution is 2.22. The number of hydrogen-bond acceptors (Lipinski definition) is 5. The number of thioether (sulfide) groups is 1. The van der Waals surface area contributed by atoms with Gasteiger partial charge < -0.3 is 15.0 Å². The summed E-state index contributed by atoms with van der Waals surface area (Å²) in [5, 5.41) is 3.97. The summed E-state index contributed by atoms with van der Waals surface area (Å²) >= 11 is 7.28. The van der Waals surface area contributed by atoms with Crippen molar-refractivity contribution in [3.63, 3.8) is 0 Å². The third kappa shape index (κ3) is 6.11. The number of carbonyl (C=O) groups excluding carboxylic acids is 1. The van der Waals surface area contributed by atoms with Gasteiger partial charge in [-0.3, -0.25) is 9.59 Å². The molecule has 1 amide bonds. The first-order valence-corrected chi connectivity index (χ1v) is 10.7. The highest BCUT2D eigenvalue weighted by Gasteiger charge is 2.13. The third-order valence-corrected chi connectivity index (χ3v) is 5.65. The van der Waals surface area contributed by atoms with Crippen molar-refractivity contribution in [2.45, 2.75) is 30.8 Å². The van der Waals surface area contributed by atoms with Crippen molar-refractivity contribution in [3.05, 3.63) is 86.3 Å². The van der Waals surface area contributed by atoms with Gasteiger partial charge in [-0.2, -0.15) is 0 Å². The minimum absolute atomic E-state index is 0.0252. The van der Waals surface area contributed by atoms with Gasteiger partial charge in [0, 0.05) is 28.6 Å². The zero-order valence-electron chi connectivity index (χ0n) is 16.7. The maximum absolute atomic E-state index is 12.5. The molecule has 0 fully saturated rings. The lowest BCUT2D eigenvalue weighted by Crippen LogP contribution is -2.28. The summed E-state index contributed by atoms with van der Waals surface area (Å²) < 4.78 is 5.22. The summed E-state index contributed by atoms with van der Waals surface area (Å²) in [6.07, 6.45) is -0.0252. The number of carbonyl (C=O) groups is 1. The molecule has 156 valence electrons. The highest BCUT2D eigenvalue weighted by molar-refractivity contribution is 7.98. The average Bonchev–Trinajstić information content (AvgIpc) is 2.74. The maximum atomic E-state index is 12.5. The number of H-pyrrole nitrogens is 1. The van der Waals surface area contributed by atoms with Crippen LogP contribution in [0.5, 0.6) is 5.75 Å². The van der Waals surface area contributed by atoms with Crippen molar-refractivity contribution in [1.82, 2.24) is 15.3 Å². The molecule has 0 aliphatic rings. The first-order chi connectivity index (χ1) is 14.4. The van der Waals surface area contributed by atoms with Crippen LogP contribution in [0.2, 0.25) is 5.02 Å². The second-order valence-corrected chi connectivity index (χ2v) is 8.06. The molecule has 0 spiro atoms. The molecule has 30 heavy (non-hydrogen) atoms. The van der Waals surface area contributed by atoms with Gasteiger partial charge >= 0.3 is 0 Å². The Morgan fingerprint density at radius 3 is 2.67 bits per heavy atom. The van der Waals surface area contributed by atoms with E-state index in [9.17, 15) is 9.59 Å². The molecular weight excluding hydrogens is 422 g/mol. The fraction of sp³-hybridized carbons (Fsp3) is 0.227. The summed E-state index contributed by atoms with van der Waals surface area (Å²) in [4.78, 5) is 32.0. The van der Waals surface area contributed by atoms with Crippen LogP contribution in [0.4, 0.5) is 0 Å². The number of rotatable bonds is 8. The number of nitrogens with zero attached hydrogens (tertiary/aromatic N) is 1. The van der Waals surface area contributed by atoms with Gasteiger partial charge in [-0.25, -0.2) is 4.98 Å². The number of amides is 1. The molecule has 0 aliphatic carbocycles. The van der Waals surface area contributed by atoms with Crippen LogP contribution < -0.4 is 15.6 Å². The highest BCUT2D eigenvalue weighted by atomic mass is 35.5. The topological polar surface area (TPSA) is 84.1 Å². The van der Waals surface area contributed by atoms with E-state index in [1.54, 1.807) is 26.2 Å². The monoisotopic (exact) mass is 443 g/mol. The smallest absolute Gasteiger partial charge is 0.255 e. The lowest BCUT2D eigenvalue weighted by molar-refractivity contribution is -0.120. The van der Waals surface area contributed by atoms with Crippen molar-refractivity contribution >= 4 is 29.3 Å². The second-order valence-electron chi connectivity index (χ2n) is 6.66. The van der Waals surface area contributed by atoms with Gasteiger partial charge in [-0.15, -0.1) is 0 Å². The number of aromatic amines is 1. The first-order valence-electron chi connectivity index (χ1n) is 9.31. The maximum Gasteiger partial charge on any atom is 0.255 e. The van der Waals surface area contributed by atoms with Gasteiger partial charge in [0.1, 0.15) is 5.75 Å². The summed E-state index contributed by atoms with van der Waals surface area (Å²) in [5.41, 5.74) is 2.62. The van der Waals surface area contributed by atoms with E-state index in [4.69, 9.17) is 16.3 Å². The zero-order valence-corrected chi connectivity index (χ0v) is 18.3. The number of aromatic nitrogens is 2. The van der Waals surface area contributed by atoms with E-state index in [1.165, 1.54) is 11.8 Å². The van der Waals surface area contributed by atoms with E-state index in [-0.39, 0.29) is 17.9 Å². The van der Waals surface area contributed by atoms with Gasteiger partial charge in [-0.05, 0) is 42.3 Å². The lowest BCUT2D eigenvalue weighted by atomic mass is 10.1. The molecule has 3 aromatic rings. The molecule has 0 radical (unpaired) electrons. The van der Waals surface area contributed by atoms with Crippen LogP contribution >= 0.6 is 23.4 Å². The molecule has 0 aliphatic heterocycles. The van der Waals surface area contributed by atoms with Crippen molar-refractivity contribution in [2.24, 2.45) is 0 Å². The number of halogens is 1. The Bertz CT molecular complexity index is 1080. The molecule has 1 aromatic heterocycles. The van der Waals surface area contributed by atoms with Crippen molar-refractivity contribution in [1.29, 1.82) is 0 Å². The molecule has 2 N–H and O–H groups in total. The minimum atomic E-state index is -0.294. The average molecular weight is 444 g/mol. The quantitative estimate of drug-likeness (QED) is 0.407. The van der Waals surface area contributed by atoms with E-state index in [0.717, 1.165) is 16.9 Å². The first kappa shape index (κ1) is 21.9. The molecule has 2 aromatic carbocycles. The van der Waals surface area contributed by atoms with Crippen LogP contribution in [0, 0.1) is 6.92 Å². The molecule has 0 unspecified atom stereocenters. The molecular formula is C22H22ClN3O3S. The van der Waals surface area contributed by atoms with Gasteiger partial charge in [0.05, 0.1) is 13.5 Å².